The fraction of sp³-hybridized carbons (Fsp3) is 0.324. The van der Waals surface area contributed by atoms with Crippen molar-refractivity contribution in [1.29, 1.82) is 0 Å². The third-order valence-corrected chi connectivity index (χ3v) is 8.50. The molecule has 0 saturated carbocycles. The number of ether oxygens (including phenoxy) is 1. The van der Waals surface area contributed by atoms with Crippen molar-refractivity contribution in [3.8, 4) is 11.3 Å². The molecule has 0 radical (unpaired) electrons. The summed E-state index contributed by atoms with van der Waals surface area (Å²) in [4.78, 5) is 42.9. The van der Waals surface area contributed by atoms with E-state index in [-0.39, 0.29) is 30.5 Å². The number of hydrogen-bond acceptors (Lipinski definition) is 4. The summed E-state index contributed by atoms with van der Waals surface area (Å²) in [5, 5.41) is 4.19. The second-order valence-electron chi connectivity index (χ2n) is 11.2. The number of fused-ring (bicyclic) bond motifs is 2. The molecule has 2 aliphatic heterocycles. The molecule has 6 rings (SSSR count). The molecule has 2 aliphatic rings. The van der Waals surface area contributed by atoms with Crippen LogP contribution in [-0.2, 0) is 16.6 Å². The average molecular weight is 565 g/mol. The van der Waals surface area contributed by atoms with Crippen LogP contribution in [0.5, 0.6) is 0 Å². The molecule has 3 aromatic carbocycles. The summed E-state index contributed by atoms with van der Waals surface area (Å²) in [6.45, 7) is 5.18. The number of hydrogen-bond donors (Lipinski definition) is 1. The molecule has 8 heteroatoms. The number of nitrogens with zero attached hydrogens (tertiary/aromatic N) is 3. The van der Waals surface area contributed by atoms with Crippen LogP contribution in [0.3, 0.4) is 0 Å². The summed E-state index contributed by atoms with van der Waals surface area (Å²) in [6.07, 6.45) is 0.969. The summed E-state index contributed by atoms with van der Waals surface area (Å²) in [5.41, 5.74) is 6.88. The largest absolute Gasteiger partial charge is 0.450 e. The number of amides is 3. The number of piperidine rings is 1. The van der Waals surface area contributed by atoms with E-state index in [1.165, 1.54) is 5.56 Å². The number of carbonyl (C=O) groups excluding carboxylic acids is 3. The minimum Gasteiger partial charge on any atom is -0.450 e. The lowest BCUT2D eigenvalue weighted by atomic mass is 9.93. The van der Waals surface area contributed by atoms with Gasteiger partial charge in [0, 0.05) is 48.2 Å². The van der Waals surface area contributed by atoms with Gasteiger partial charge in [0.1, 0.15) is 6.54 Å². The van der Waals surface area contributed by atoms with Crippen LogP contribution in [0.1, 0.15) is 52.9 Å². The highest BCUT2D eigenvalue weighted by atomic mass is 16.6. The van der Waals surface area contributed by atoms with Crippen molar-refractivity contribution >= 4 is 28.8 Å². The Bertz CT molecular complexity index is 1650. The lowest BCUT2D eigenvalue weighted by Gasteiger charge is -2.32. The highest BCUT2D eigenvalue weighted by Gasteiger charge is 2.41. The minimum atomic E-state index is -0.424. The second-order valence-corrected chi connectivity index (χ2v) is 11.2. The van der Waals surface area contributed by atoms with Gasteiger partial charge in [-0.15, -0.1) is 0 Å². The number of carbonyl (C=O) groups is 3. The number of para-hydroxylation sites is 1. The molecule has 1 unspecified atom stereocenters. The third kappa shape index (κ3) is 4.91. The molecular weight excluding hydrogens is 528 g/mol. The first-order valence-corrected chi connectivity index (χ1v) is 14.6. The summed E-state index contributed by atoms with van der Waals surface area (Å²) < 4.78 is 7.31. The second kappa shape index (κ2) is 11.4. The SMILES string of the molecule is CCOC(=O)N1CCC(NC(=O)CN2C(=O)c3ccccc3C2c2c(-c3ccc(C)cc3)n(C)c3ccccc23)CC1. The molecule has 3 amide bonds. The normalized spacial score (nSPS) is 17.0. The van der Waals surface area contributed by atoms with Crippen LogP contribution in [0.4, 0.5) is 4.79 Å². The number of rotatable bonds is 6. The van der Waals surface area contributed by atoms with Gasteiger partial charge < -0.3 is 24.4 Å². The van der Waals surface area contributed by atoms with Crippen LogP contribution in [-0.4, -0.2) is 64.6 Å². The Morgan fingerprint density at radius 3 is 2.38 bits per heavy atom. The van der Waals surface area contributed by atoms with Gasteiger partial charge in [0.25, 0.3) is 5.91 Å². The maximum atomic E-state index is 13.9. The van der Waals surface area contributed by atoms with Gasteiger partial charge in [-0.2, -0.15) is 0 Å². The number of likely N-dealkylation sites (tertiary alicyclic amines) is 1. The van der Waals surface area contributed by atoms with E-state index >= 15 is 0 Å². The van der Waals surface area contributed by atoms with Gasteiger partial charge in [0.05, 0.1) is 18.3 Å². The standard InChI is InChI=1S/C34H36N4O4/c1-4-42-34(41)37-19-17-24(18-20-37)35-29(39)21-38-32(25-9-5-6-10-26(25)33(38)40)30-27-11-7-8-12-28(27)36(3)31(30)23-15-13-22(2)14-16-23/h5-16,24,32H,4,17-21H2,1-3H3,(H,35,39). The number of nitrogens with one attached hydrogen (secondary N) is 1. The van der Waals surface area contributed by atoms with E-state index in [2.05, 4.69) is 60.3 Å². The van der Waals surface area contributed by atoms with Crippen LogP contribution < -0.4 is 5.32 Å². The Kier molecular flexibility index (Phi) is 7.45. The van der Waals surface area contributed by atoms with Crippen molar-refractivity contribution in [1.82, 2.24) is 19.7 Å². The van der Waals surface area contributed by atoms with Crippen molar-refractivity contribution in [3.63, 3.8) is 0 Å². The Labute approximate surface area is 245 Å². The topological polar surface area (TPSA) is 83.9 Å². The lowest BCUT2D eigenvalue weighted by Crippen LogP contribution is -2.49. The van der Waals surface area contributed by atoms with Crippen LogP contribution in [0.25, 0.3) is 22.2 Å². The van der Waals surface area contributed by atoms with Gasteiger partial charge in [0.2, 0.25) is 5.91 Å². The Morgan fingerprint density at radius 1 is 0.952 bits per heavy atom. The fourth-order valence-electron chi connectivity index (χ4n) is 6.45. The predicted molar refractivity (Wildman–Crippen MR) is 162 cm³/mol. The smallest absolute Gasteiger partial charge is 0.409 e. The molecule has 1 saturated heterocycles. The first kappa shape index (κ1) is 27.6. The predicted octanol–water partition coefficient (Wildman–Crippen LogP) is 5.44. The molecule has 1 fully saturated rings. The van der Waals surface area contributed by atoms with Crippen LogP contribution in [0.2, 0.25) is 0 Å². The minimum absolute atomic E-state index is 0.0627. The zero-order valence-electron chi connectivity index (χ0n) is 24.3. The molecule has 42 heavy (non-hydrogen) atoms. The van der Waals surface area contributed by atoms with Crippen molar-refractivity contribution in [2.45, 2.75) is 38.8 Å². The van der Waals surface area contributed by atoms with Gasteiger partial charge >= 0.3 is 6.09 Å². The van der Waals surface area contributed by atoms with E-state index in [0.717, 1.165) is 33.3 Å². The zero-order valence-corrected chi connectivity index (χ0v) is 24.3. The van der Waals surface area contributed by atoms with Crippen molar-refractivity contribution in [3.05, 3.63) is 95.1 Å². The average Bonchev–Trinajstić information content (AvgIpc) is 3.44. The molecule has 4 aromatic rings. The number of aryl methyl sites for hydroxylation is 2. The third-order valence-electron chi connectivity index (χ3n) is 8.50. The molecular formula is C34H36N4O4. The summed E-state index contributed by atoms with van der Waals surface area (Å²) in [6, 6.07) is 23.9. The van der Waals surface area contributed by atoms with E-state index in [1.54, 1.807) is 16.7 Å². The molecule has 3 heterocycles. The Balaban J connectivity index is 1.34. The highest BCUT2D eigenvalue weighted by Crippen LogP contribution is 2.46. The Hall–Kier alpha value is -4.59. The monoisotopic (exact) mass is 564 g/mol. The number of aromatic nitrogens is 1. The first-order chi connectivity index (χ1) is 20.4. The summed E-state index contributed by atoms with van der Waals surface area (Å²) in [5.74, 6) is -0.349. The molecule has 1 N–H and O–H groups in total. The summed E-state index contributed by atoms with van der Waals surface area (Å²) in [7, 11) is 2.06. The molecule has 0 bridgehead atoms. The van der Waals surface area contributed by atoms with Crippen LogP contribution in [0.15, 0.2) is 72.8 Å². The molecule has 8 nitrogen and oxygen atoms in total. The van der Waals surface area contributed by atoms with Crippen molar-refractivity contribution < 1.29 is 19.1 Å². The lowest BCUT2D eigenvalue weighted by molar-refractivity contribution is -0.123. The van der Waals surface area contributed by atoms with E-state index < -0.39 is 6.04 Å². The number of benzene rings is 3. The van der Waals surface area contributed by atoms with E-state index in [1.807, 2.05) is 36.4 Å². The van der Waals surface area contributed by atoms with Gasteiger partial charge in [-0.3, -0.25) is 9.59 Å². The van der Waals surface area contributed by atoms with Crippen LogP contribution >= 0.6 is 0 Å². The molecule has 0 aliphatic carbocycles. The van der Waals surface area contributed by atoms with E-state index in [4.69, 9.17) is 4.74 Å². The Morgan fingerprint density at radius 2 is 1.64 bits per heavy atom. The quantitative estimate of drug-likeness (QED) is 0.338. The van der Waals surface area contributed by atoms with E-state index in [9.17, 15) is 14.4 Å². The molecule has 216 valence electrons. The van der Waals surface area contributed by atoms with Gasteiger partial charge in [-0.25, -0.2) is 4.79 Å². The maximum absolute atomic E-state index is 13.9. The molecule has 0 spiro atoms. The van der Waals surface area contributed by atoms with Crippen molar-refractivity contribution in [2.75, 3.05) is 26.2 Å². The van der Waals surface area contributed by atoms with Gasteiger partial charge in [0.15, 0.2) is 0 Å². The summed E-state index contributed by atoms with van der Waals surface area (Å²) >= 11 is 0. The van der Waals surface area contributed by atoms with Gasteiger partial charge in [-0.05, 0) is 49.9 Å². The van der Waals surface area contributed by atoms with Gasteiger partial charge in [-0.1, -0.05) is 66.2 Å². The van der Waals surface area contributed by atoms with Crippen molar-refractivity contribution in [2.24, 2.45) is 7.05 Å². The first-order valence-electron chi connectivity index (χ1n) is 14.6. The highest BCUT2D eigenvalue weighted by molar-refractivity contribution is 6.03. The van der Waals surface area contributed by atoms with Crippen LogP contribution in [0, 0.1) is 6.92 Å². The van der Waals surface area contributed by atoms with E-state index in [0.29, 0.717) is 38.1 Å². The molecule has 1 aromatic heterocycles. The zero-order chi connectivity index (χ0) is 29.4. The fourth-order valence-corrected chi connectivity index (χ4v) is 6.45. The maximum Gasteiger partial charge on any atom is 0.409 e. The molecule has 1 atom stereocenters.